The average molecular weight is 296 g/mol. The Morgan fingerprint density at radius 3 is 2.33 bits per heavy atom. The zero-order valence-corrected chi connectivity index (χ0v) is 13.2. The van der Waals surface area contributed by atoms with Gasteiger partial charge in [-0.05, 0) is 38.6 Å². The molecule has 0 atom stereocenters. The van der Waals surface area contributed by atoms with E-state index in [9.17, 15) is 9.59 Å². The summed E-state index contributed by atoms with van der Waals surface area (Å²) in [6, 6.07) is 0.534. The van der Waals surface area contributed by atoms with Gasteiger partial charge in [-0.15, -0.1) is 0 Å². The van der Waals surface area contributed by atoms with Crippen LogP contribution in [0.4, 0.5) is 0 Å². The molecule has 1 amide bonds. The molecule has 21 heavy (non-hydrogen) atoms. The van der Waals surface area contributed by atoms with Crippen LogP contribution in [-0.4, -0.2) is 47.1 Å². The van der Waals surface area contributed by atoms with Crippen LogP contribution in [0.2, 0.25) is 0 Å². The van der Waals surface area contributed by atoms with Crippen LogP contribution in [0.3, 0.4) is 0 Å². The summed E-state index contributed by atoms with van der Waals surface area (Å²) in [6.45, 7) is 4.94. The summed E-state index contributed by atoms with van der Waals surface area (Å²) in [5, 5.41) is 12.1. The number of amides is 1. The van der Waals surface area contributed by atoms with Gasteiger partial charge in [0.05, 0.1) is 6.54 Å². The Morgan fingerprint density at radius 2 is 1.86 bits per heavy atom. The largest absolute Gasteiger partial charge is 0.480 e. The third kappa shape index (κ3) is 3.57. The predicted molar refractivity (Wildman–Crippen MR) is 81.0 cm³/mol. The maximum atomic E-state index is 12.5. The second-order valence-corrected chi connectivity index (χ2v) is 6.59. The van der Waals surface area contributed by atoms with E-state index >= 15 is 0 Å². The highest BCUT2D eigenvalue weighted by molar-refractivity contribution is 5.83. The Balaban J connectivity index is 1.79. The number of carbonyl (C=O) groups is 2. The van der Waals surface area contributed by atoms with Crippen LogP contribution >= 0.6 is 0 Å². The highest BCUT2D eigenvalue weighted by Gasteiger charge is 2.42. The number of rotatable bonds is 7. The Labute approximate surface area is 127 Å². The molecule has 0 aliphatic heterocycles. The quantitative estimate of drug-likeness (QED) is 0.754. The number of aliphatic carboxylic acids is 1. The van der Waals surface area contributed by atoms with Crippen molar-refractivity contribution in [3.05, 3.63) is 0 Å². The number of nitrogens with zero attached hydrogens (tertiary/aromatic N) is 1. The van der Waals surface area contributed by atoms with Gasteiger partial charge in [-0.1, -0.05) is 26.7 Å². The lowest BCUT2D eigenvalue weighted by molar-refractivity contribution is -0.140. The number of likely N-dealkylation sites (N-methyl/N-ethyl adjacent to an activating group) is 1. The van der Waals surface area contributed by atoms with Crippen LogP contribution in [0.15, 0.2) is 0 Å². The lowest BCUT2D eigenvalue weighted by atomic mass is 9.80. The van der Waals surface area contributed by atoms with E-state index in [0.29, 0.717) is 6.04 Å². The fourth-order valence-electron chi connectivity index (χ4n) is 3.81. The molecule has 0 heterocycles. The van der Waals surface area contributed by atoms with Gasteiger partial charge in [-0.3, -0.25) is 14.5 Å². The fraction of sp³-hybridized carbons (Fsp3) is 0.875. The van der Waals surface area contributed by atoms with E-state index in [1.165, 1.54) is 0 Å². The van der Waals surface area contributed by atoms with Crippen molar-refractivity contribution in [3.63, 3.8) is 0 Å². The van der Waals surface area contributed by atoms with E-state index in [0.717, 1.165) is 51.5 Å². The van der Waals surface area contributed by atoms with Gasteiger partial charge in [-0.2, -0.15) is 0 Å². The zero-order chi connectivity index (χ0) is 15.5. The van der Waals surface area contributed by atoms with Gasteiger partial charge in [0, 0.05) is 17.5 Å². The first-order valence-corrected chi connectivity index (χ1v) is 8.27. The lowest BCUT2D eigenvalue weighted by Crippen LogP contribution is -2.56. The van der Waals surface area contributed by atoms with Crippen LogP contribution in [0.5, 0.6) is 0 Å². The number of nitrogens with one attached hydrogen (secondary N) is 1. The normalized spacial score (nSPS) is 27.4. The molecular formula is C16H28N2O3. The van der Waals surface area contributed by atoms with Crippen molar-refractivity contribution in [3.8, 4) is 0 Å². The smallest absolute Gasteiger partial charge is 0.317 e. The summed E-state index contributed by atoms with van der Waals surface area (Å²) < 4.78 is 0. The second kappa shape index (κ2) is 6.77. The number of hydrogen-bond acceptors (Lipinski definition) is 3. The van der Waals surface area contributed by atoms with Crippen molar-refractivity contribution in [1.82, 2.24) is 10.2 Å². The summed E-state index contributed by atoms with van der Waals surface area (Å²) >= 11 is 0. The number of carboxylic acids is 1. The molecule has 2 aliphatic rings. The van der Waals surface area contributed by atoms with Crippen LogP contribution in [0.25, 0.3) is 0 Å². The molecule has 5 heteroatoms. The van der Waals surface area contributed by atoms with Crippen LogP contribution in [-0.2, 0) is 9.59 Å². The van der Waals surface area contributed by atoms with Gasteiger partial charge in [0.1, 0.15) is 0 Å². The molecule has 0 bridgehead atoms. The molecule has 2 saturated carbocycles. The first-order valence-electron chi connectivity index (χ1n) is 8.27. The predicted octanol–water partition coefficient (Wildman–Crippen LogP) is 2.01. The molecule has 2 rings (SSSR count). The molecule has 5 nitrogen and oxygen atoms in total. The maximum absolute atomic E-state index is 12.5. The first-order chi connectivity index (χ1) is 10.0. The van der Waals surface area contributed by atoms with Gasteiger partial charge in [0.25, 0.3) is 0 Å². The minimum atomic E-state index is -0.778. The minimum Gasteiger partial charge on any atom is -0.480 e. The Kier molecular flexibility index (Phi) is 5.25. The third-order valence-corrected chi connectivity index (χ3v) is 5.43. The third-order valence-electron chi connectivity index (χ3n) is 5.43. The zero-order valence-electron chi connectivity index (χ0n) is 13.2. The van der Waals surface area contributed by atoms with Crippen LogP contribution in [0, 0.1) is 5.41 Å². The van der Waals surface area contributed by atoms with Crippen molar-refractivity contribution < 1.29 is 14.7 Å². The average Bonchev–Trinajstić information content (AvgIpc) is 2.89. The molecule has 0 aromatic heterocycles. The molecule has 2 aliphatic carbocycles. The summed E-state index contributed by atoms with van der Waals surface area (Å²) in [5.74, 6) is -0.549. The SMILES string of the molecule is CCN(CC(=O)O)C1CC(NC(=O)C2(CC)CCCC2)C1. The van der Waals surface area contributed by atoms with Gasteiger partial charge >= 0.3 is 5.97 Å². The van der Waals surface area contributed by atoms with Crippen molar-refractivity contribution in [1.29, 1.82) is 0 Å². The van der Waals surface area contributed by atoms with Crippen molar-refractivity contribution >= 4 is 11.9 Å². The molecule has 0 unspecified atom stereocenters. The van der Waals surface area contributed by atoms with E-state index in [4.69, 9.17) is 5.11 Å². The van der Waals surface area contributed by atoms with Crippen LogP contribution < -0.4 is 5.32 Å². The van der Waals surface area contributed by atoms with E-state index < -0.39 is 5.97 Å². The van der Waals surface area contributed by atoms with E-state index in [1.54, 1.807) is 0 Å². The summed E-state index contributed by atoms with van der Waals surface area (Å²) in [7, 11) is 0. The summed E-state index contributed by atoms with van der Waals surface area (Å²) in [5.41, 5.74) is -0.128. The van der Waals surface area contributed by atoms with Gasteiger partial charge < -0.3 is 10.4 Å². The Morgan fingerprint density at radius 1 is 1.24 bits per heavy atom. The van der Waals surface area contributed by atoms with Gasteiger partial charge in [0.2, 0.25) is 5.91 Å². The molecule has 0 aromatic rings. The molecule has 120 valence electrons. The van der Waals surface area contributed by atoms with E-state index in [2.05, 4.69) is 12.2 Å². The fourth-order valence-corrected chi connectivity index (χ4v) is 3.81. The standard InChI is InChI=1S/C16H28N2O3/c1-3-16(7-5-6-8-16)15(21)17-12-9-13(10-12)18(4-2)11-14(19)20/h12-13H,3-11H2,1-2H3,(H,17,21)(H,19,20). The topological polar surface area (TPSA) is 69.6 Å². The first kappa shape index (κ1) is 16.3. The van der Waals surface area contributed by atoms with E-state index in [-0.39, 0.29) is 23.9 Å². The summed E-state index contributed by atoms with van der Waals surface area (Å²) in [4.78, 5) is 25.3. The van der Waals surface area contributed by atoms with Gasteiger partial charge in [-0.25, -0.2) is 0 Å². The van der Waals surface area contributed by atoms with E-state index in [1.807, 2.05) is 11.8 Å². The van der Waals surface area contributed by atoms with Crippen molar-refractivity contribution in [2.24, 2.45) is 5.41 Å². The van der Waals surface area contributed by atoms with Crippen molar-refractivity contribution in [2.45, 2.75) is 70.9 Å². The molecule has 2 N–H and O–H groups in total. The number of hydrogen-bond donors (Lipinski definition) is 2. The highest BCUT2D eigenvalue weighted by Crippen LogP contribution is 2.41. The molecule has 0 spiro atoms. The molecule has 0 aromatic carbocycles. The summed E-state index contributed by atoms with van der Waals surface area (Å²) in [6.07, 6.45) is 7.05. The Hall–Kier alpha value is -1.10. The molecule has 0 saturated heterocycles. The number of carbonyl (C=O) groups excluding carboxylic acids is 1. The maximum Gasteiger partial charge on any atom is 0.317 e. The van der Waals surface area contributed by atoms with Crippen molar-refractivity contribution in [2.75, 3.05) is 13.1 Å². The van der Waals surface area contributed by atoms with Crippen LogP contribution in [0.1, 0.15) is 58.8 Å². The van der Waals surface area contributed by atoms with Gasteiger partial charge in [0.15, 0.2) is 0 Å². The minimum absolute atomic E-state index is 0.0979. The molecular weight excluding hydrogens is 268 g/mol. The lowest BCUT2D eigenvalue weighted by Gasteiger charge is -2.43. The Bertz CT molecular complexity index is 385. The second-order valence-electron chi connectivity index (χ2n) is 6.59. The molecule has 0 radical (unpaired) electrons. The molecule has 2 fully saturated rings. The number of carboxylic acid groups (broad SMARTS) is 1. The monoisotopic (exact) mass is 296 g/mol. The highest BCUT2D eigenvalue weighted by atomic mass is 16.4.